The molecule has 0 saturated carbocycles. The second kappa shape index (κ2) is 5.65. The highest BCUT2D eigenvalue weighted by Gasteiger charge is 2.11. The lowest BCUT2D eigenvalue weighted by Gasteiger charge is -2.12. The fraction of sp³-hybridized carbons (Fsp3) is 0.636. The van der Waals surface area contributed by atoms with Crippen LogP contribution in [0.25, 0.3) is 0 Å². The van der Waals surface area contributed by atoms with E-state index in [9.17, 15) is 0 Å². The van der Waals surface area contributed by atoms with E-state index in [1.807, 2.05) is 20.8 Å². The van der Waals surface area contributed by atoms with Crippen LogP contribution in [0.5, 0.6) is 5.88 Å². The van der Waals surface area contributed by atoms with Crippen molar-refractivity contribution in [3.05, 3.63) is 11.4 Å². The van der Waals surface area contributed by atoms with Crippen molar-refractivity contribution in [1.82, 2.24) is 9.97 Å². The third kappa shape index (κ3) is 3.06. The highest BCUT2D eigenvalue weighted by Crippen LogP contribution is 2.22. The molecule has 0 bridgehead atoms. The SMILES string of the molecule is Cc1c(N)nc(C(C)C)nc1OCCCO. The Hall–Kier alpha value is -1.36. The largest absolute Gasteiger partial charge is 0.477 e. The van der Waals surface area contributed by atoms with Gasteiger partial charge in [-0.25, -0.2) is 4.98 Å². The first-order chi connectivity index (χ1) is 7.56. The van der Waals surface area contributed by atoms with Gasteiger partial charge in [-0.15, -0.1) is 0 Å². The van der Waals surface area contributed by atoms with Crippen LogP contribution >= 0.6 is 0 Å². The van der Waals surface area contributed by atoms with Crippen LogP contribution in [-0.2, 0) is 0 Å². The van der Waals surface area contributed by atoms with Gasteiger partial charge in [-0.3, -0.25) is 0 Å². The van der Waals surface area contributed by atoms with Crippen LogP contribution < -0.4 is 10.5 Å². The highest BCUT2D eigenvalue weighted by atomic mass is 16.5. The number of nitrogen functional groups attached to an aromatic ring is 1. The summed E-state index contributed by atoms with van der Waals surface area (Å²) in [6, 6.07) is 0. The summed E-state index contributed by atoms with van der Waals surface area (Å²) < 4.78 is 5.46. The molecule has 0 amide bonds. The summed E-state index contributed by atoms with van der Waals surface area (Å²) in [7, 11) is 0. The van der Waals surface area contributed by atoms with Crippen LogP contribution in [0.15, 0.2) is 0 Å². The monoisotopic (exact) mass is 225 g/mol. The fourth-order valence-corrected chi connectivity index (χ4v) is 1.16. The number of nitrogens with two attached hydrogens (primary N) is 1. The number of hydrogen-bond acceptors (Lipinski definition) is 5. The number of aliphatic hydroxyl groups excluding tert-OH is 1. The molecule has 1 rings (SSSR count). The molecule has 0 saturated heterocycles. The smallest absolute Gasteiger partial charge is 0.221 e. The van der Waals surface area contributed by atoms with Gasteiger partial charge in [0.1, 0.15) is 11.6 Å². The van der Waals surface area contributed by atoms with Gasteiger partial charge in [0.05, 0.1) is 12.2 Å². The van der Waals surface area contributed by atoms with Crippen LogP contribution in [0.2, 0.25) is 0 Å². The minimum absolute atomic E-state index is 0.108. The Morgan fingerprint density at radius 1 is 1.38 bits per heavy atom. The molecule has 5 nitrogen and oxygen atoms in total. The lowest BCUT2D eigenvalue weighted by molar-refractivity contribution is 0.228. The molecule has 0 atom stereocenters. The average Bonchev–Trinajstić information content (AvgIpc) is 2.24. The van der Waals surface area contributed by atoms with Gasteiger partial charge >= 0.3 is 0 Å². The molecule has 16 heavy (non-hydrogen) atoms. The summed E-state index contributed by atoms with van der Waals surface area (Å²) in [5, 5.41) is 8.67. The van der Waals surface area contributed by atoms with Crippen LogP contribution in [-0.4, -0.2) is 28.3 Å². The maximum Gasteiger partial charge on any atom is 0.221 e. The normalized spacial score (nSPS) is 10.8. The average molecular weight is 225 g/mol. The Labute approximate surface area is 95.7 Å². The number of ether oxygens (including phenoxy) is 1. The van der Waals surface area contributed by atoms with E-state index in [0.29, 0.717) is 30.5 Å². The summed E-state index contributed by atoms with van der Waals surface area (Å²) in [5.74, 6) is 1.87. The summed E-state index contributed by atoms with van der Waals surface area (Å²) in [6.45, 7) is 6.37. The second-order valence-electron chi connectivity index (χ2n) is 3.98. The third-order valence-corrected chi connectivity index (χ3v) is 2.21. The van der Waals surface area contributed by atoms with Crippen molar-refractivity contribution < 1.29 is 9.84 Å². The number of hydrogen-bond donors (Lipinski definition) is 2. The molecule has 0 spiro atoms. The van der Waals surface area contributed by atoms with Crippen molar-refractivity contribution in [2.75, 3.05) is 18.9 Å². The van der Waals surface area contributed by atoms with E-state index < -0.39 is 0 Å². The van der Waals surface area contributed by atoms with Gasteiger partial charge < -0.3 is 15.6 Å². The van der Waals surface area contributed by atoms with E-state index in [0.717, 1.165) is 5.56 Å². The lowest BCUT2D eigenvalue weighted by atomic mass is 10.2. The van der Waals surface area contributed by atoms with Gasteiger partial charge in [0, 0.05) is 18.9 Å². The molecule has 0 fully saturated rings. The quantitative estimate of drug-likeness (QED) is 0.737. The molecule has 0 aliphatic heterocycles. The minimum atomic E-state index is 0.108. The maximum absolute atomic E-state index is 8.67. The molecule has 5 heteroatoms. The Bertz CT molecular complexity index is 353. The topological polar surface area (TPSA) is 81.3 Å². The van der Waals surface area contributed by atoms with Crippen molar-refractivity contribution in [3.63, 3.8) is 0 Å². The van der Waals surface area contributed by atoms with E-state index in [1.54, 1.807) is 0 Å². The van der Waals surface area contributed by atoms with Crippen molar-refractivity contribution in [2.45, 2.75) is 33.1 Å². The van der Waals surface area contributed by atoms with Crippen molar-refractivity contribution >= 4 is 5.82 Å². The lowest BCUT2D eigenvalue weighted by Crippen LogP contribution is -2.09. The number of nitrogens with zero attached hydrogens (tertiary/aromatic N) is 2. The standard InChI is InChI=1S/C11H19N3O2/c1-7(2)10-13-9(12)8(3)11(14-10)16-6-4-5-15/h7,15H,4-6H2,1-3H3,(H2,12,13,14). The van der Waals surface area contributed by atoms with Crippen LogP contribution in [0, 0.1) is 6.92 Å². The van der Waals surface area contributed by atoms with E-state index in [-0.39, 0.29) is 12.5 Å². The predicted octanol–water partition coefficient (Wildman–Crippen LogP) is 1.25. The van der Waals surface area contributed by atoms with Gasteiger partial charge in [0.2, 0.25) is 5.88 Å². The molecule has 0 aliphatic carbocycles. The Morgan fingerprint density at radius 3 is 2.62 bits per heavy atom. The Kier molecular flexibility index (Phi) is 4.49. The highest BCUT2D eigenvalue weighted by molar-refractivity contribution is 5.44. The first-order valence-electron chi connectivity index (χ1n) is 5.44. The molecule has 1 aromatic heterocycles. The summed E-state index contributed by atoms with van der Waals surface area (Å²) in [6.07, 6.45) is 0.584. The number of rotatable bonds is 5. The van der Waals surface area contributed by atoms with Gasteiger partial charge in [-0.2, -0.15) is 4.98 Å². The van der Waals surface area contributed by atoms with Crippen molar-refractivity contribution in [2.24, 2.45) is 0 Å². The van der Waals surface area contributed by atoms with Crippen molar-refractivity contribution in [3.8, 4) is 5.88 Å². The summed E-state index contributed by atoms with van der Waals surface area (Å²) >= 11 is 0. The molecular weight excluding hydrogens is 206 g/mol. The van der Waals surface area contributed by atoms with Crippen molar-refractivity contribution in [1.29, 1.82) is 0 Å². The first kappa shape index (κ1) is 12.7. The zero-order valence-corrected chi connectivity index (χ0v) is 10.0. The predicted molar refractivity (Wildman–Crippen MR) is 62.5 cm³/mol. The first-order valence-corrected chi connectivity index (χ1v) is 5.44. The number of aliphatic hydroxyl groups is 1. The Balaban J connectivity index is 2.88. The Morgan fingerprint density at radius 2 is 2.06 bits per heavy atom. The molecular formula is C11H19N3O2. The molecule has 0 aromatic carbocycles. The number of anilines is 1. The van der Waals surface area contributed by atoms with E-state index in [1.165, 1.54) is 0 Å². The zero-order chi connectivity index (χ0) is 12.1. The van der Waals surface area contributed by atoms with Gasteiger partial charge in [0.25, 0.3) is 0 Å². The van der Waals surface area contributed by atoms with Crippen LogP contribution in [0.1, 0.15) is 37.6 Å². The molecule has 0 radical (unpaired) electrons. The minimum Gasteiger partial charge on any atom is -0.477 e. The zero-order valence-electron chi connectivity index (χ0n) is 10.0. The van der Waals surface area contributed by atoms with Crippen LogP contribution in [0.3, 0.4) is 0 Å². The fourth-order valence-electron chi connectivity index (χ4n) is 1.16. The summed E-state index contributed by atoms with van der Waals surface area (Å²) in [5.41, 5.74) is 6.54. The van der Waals surface area contributed by atoms with Gasteiger partial charge in [0.15, 0.2) is 0 Å². The van der Waals surface area contributed by atoms with E-state index in [2.05, 4.69) is 9.97 Å². The molecule has 0 aliphatic rings. The summed E-state index contributed by atoms with van der Waals surface area (Å²) in [4.78, 5) is 8.51. The maximum atomic E-state index is 8.67. The van der Waals surface area contributed by atoms with E-state index in [4.69, 9.17) is 15.6 Å². The molecule has 3 N–H and O–H groups in total. The number of aromatic nitrogens is 2. The molecule has 0 unspecified atom stereocenters. The van der Waals surface area contributed by atoms with Gasteiger partial charge in [-0.05, 0) is 6.92 Å². The molecule has 90 valence electrons. The molecule has 1 aromatic rings. The van der Waals surface area contributed by atoms with Gasteiger partial charge in [-0.1, -0.05) is 13.8 Å². The second-order valence-corrected chi connectivity index (χ2v) is 3.98. The van der Waals surface area contributed by atoms with Crippen LogP contribution in [0.4, 0.5) is 5.82 Å². The third-order valence-electron chi connectivity index (χ3n) is 2.21. The molecule has 1 heterocycles. The van der Waals surface area contributed by atoms with E-state index >= 15 is 0 Å².